The molecule has 0 aliphatic heterocycles. The van der Waals surface area contributed by atoms with Crippen LogP contribution < -0.4 is 5.11 Å². The van der Waals surface area contributed by atoms with E-state index in [4.69, 9.17) is 5.48 Å². The lowest BCUT2D eigenvalue weighted by Crippen LogP contribution is -2.43. The lowest BCUT2D eigenvalue weighted by atomic mass is 10.2. The number of likely N-dealkylation sites (N-methyl/N-ethyl adjacent to an activating group) is 1. The van der Waals surface area contributed by atoms with Crippen LogP contribution in [0.5, 0.6) is 0 Å². The highest BCUT2D eigenvalue weighted by Crippen LogP contribution is 1.97. The van der Waals surface area contributed by atoms with E-state index in [1.165, 1.54) is 14.1 Å². The third-order valence-electron chi connectivity index (χ3n) is 0.926. The molecule has 0 fully saturated rings. The zero-order valence-electron chi connectivity index (χ0n) is 10.6. The number of rotatable bonds is 4. The van der Waals surface area contributed by atoms with E-state index in [0.29, 0.717) is 0 Å². The highest BCUT2D eigenvalue weighted by molar-refractivity contribution is 5.64. The van der Waals surface area contributed by atoms with Crippen molar-refractivity contribution in [2.75, 3.05) is 27.6 Å². The van der Waals surface area contributed by atoms with E-state index in [-0.39, 0.29) is 0 Å². The topological polar surface area (TPSA) is 60.4 Å². The minimum absolute atomic E-state index is 0.516. The van der Waals surface area contributed by atoms with E-state index < -0.39 is 36.5 Å². The smallest absolute Gasteiger partial charge is 0.108 e. The average Bonchev–Trinajstić information content (AvgIpc) is 1.75. The lowest BCUT2D eigenvalue weighted by molar-refractivity contribution is -0.873. The molecule has 0 unspecified atom stereocenters. The first-order valence-electron chi connectivity index (χ1n) is 5.13. The van der Waals surface area contributed by atoms with Crippen molar-refractivity contribution >= 4 is 5.97 Å². The summed E-state index contributed by atoms with van der Waals surface area (Å²) < 4.78 is 28.1. The lowest BCUT2D eigenvalue weighted by Gasteiger charge is -2.26. The van der Waals surface area contributed by atoms with Crippen LogP contribution in [0, 0.1) is 0 Å². The summed E-state index contributed by atoms with van der Waals surface area (Å²) >= 11 is 0. The third-order valence-corrected chi connectivity index (χ3v) is 0.926. The first-order valence-corrected chi connectivity index (χ1v) is 3.13. The van der Waals surface area contributed by atoms with Crippen molar-refractivity contribution in [1.82, 2.24) is 0 Å². The summed E-state index contributed by atoms with van der Waals surface area (Å²) in [6.45, 7) is -2.93. The standard InChI is InChI=1S/C7H15NO3/c1-8(2,3)5-6(9)4-7(10)11/h6,9H,4-5H2,1-3H3/t6-/m0/s1/i1D3,6D. The fraction of sp³-hybridized carbons (Fsp3) is 0.857. The van der Waals surface area contributed by atoms with Gasteiger partial charge in [0.15, 0.2) is 0 Å². The molecule has 0 heterocycles. The van der Waals surface area contributed by atoms with Crippen molar-refractivity contribution in [3.05, 3.63) is 0 Å². The number of aliphatic carboxylic acids is 1. The zero-order valence-corrected chi connectivity index (χ0v) is 6.63. The normalized spacial score (nSPS) is 23.9. The second-order valence-electron chi connectivity index (χ2n) is 2.96. The van der Waals surface area contributed by atoms with Gasteiger partial charge in [0.05, 0.1) is 26.6 Å². The summed E-state index contributed by atoms with van der Waals surface area (Å²) in [5, 5.41) is 19.6. The van der Waals surface area contributed by atoms with E-state index in [1.807, 2.05) is 0 Å². The zero-order chi connectivity index (χ0) is 12.5. The number of carboxylic acids is 1. The molecule has 0 aromatic heterocycles. The van der Waals surface area contributed by atoms with E-state index >= 15 is 0 Å². The van der Waals surface area contributed by atoms with Gasteiger partial charge in [-0.1, -0.05) is 0 Å². The number of aliphatic hydroxyl groups is 1. The Morgan fingerprint density at radius 3 is 2.82 bits per heavy atom. The van der Waals surface area contributed by atoms with Gasteiger partial charge < -0.3 is 19.5 Å². The average molecular weight is 165 g/mol. The van der Waals surface area contributed by atoms with Gasteiger partial charge in [-0.2, -0.15) is 0 Å². The molecule has 0 aliphatic carbocycles. The number of hydrogen-bond donors (Lipinski definition) is 1. The van der Waals surface area contributed by atoms with Crippen molar-refractivity contribution in [1.29, 1.82) is 0 Å². The van der Waals surface area contributed by atoms with Gasteiger partial charge in [-0.15, -0.1) is 0 Å². The molecule has 0 amide bonds. The first kappa shape index (κ1) is 5.11. The number of nitrogens with zero attached hydrogens (tertiary/aromatic N) is 1. The molecule has 0 spiro atoms. The van der Waals surface area contributed by atoms with E-state index in [2.05, 4.69) is 0 Å². The van der Waals surface area contributed by atoms with Gasteiger partial charge in [0, 0.05) is 12.4 Å². The van der Waals surface area contributed by atoms with Crippen LogP contribution in [0.1, 0.15) is 11.9 Å². The Labute approximate surface area is 72.3 Å². The Balaban J connectivity index is 4.64. The molecule has 0 bridgehead atoms. The molecule has 11 heavy (non-hydrogen) atoms. The summed E-state index contributed by atoms with van der Waals surface area (Å²) in [7, 11) is 2.59. The Kier molecular flexibility index (Phi) is 1.71. The molecular weight excluding hydrogens is 146 g/mol. The molecule has 4 nitrogen and oxygen atoms in total. The molecular formula is C7H15NO3. The molecule has 0 saturated heterocycles. The highest BCUT2D eigenvalue weighted by atomic mass is 16.4. The van der Waals surface area contributed by atoms with Crippen LogP contribution in [0.3, 0.4) is 0 Å². The molecule has 66 valence electrons. The summed E-state index contributed by atoms with van der Waals surface area (Å²) in [6.07, 6.45) is -3.25. The Morgan fingerprint density at radius 2 is 2.45 bits per heavy atom. The molecule has 0 aromatic rings. The van der Waals surface area contributed by atoms with Crippen LogP contribution in [0.2, 0.25) is 0 Å². The van der Waals surface area contributed by atoms with Crippen LogP contribution in [-0.4, -0.2) is 49.3 Å². The van der Waals surface area contributed by atoms with E-state index in [9.17, 15) is 15.0 Å². The molecule has 1 atom stereocenters. The number of carbonyl (C=O) groups excluding carboxylic acids is 1. The minimum atomic E-state index is -2.42. The fourth-order valence-electron chi connectivity index (χ4n) is 0.679. The number of hydrogen-bond acceptors (Lipinski definition) is 3. The van der Waals surface area contributed by atoms with Crippen molar-refractivity contribution in [3.63, 3.8) is 0 Å². The predicted octanol–water partition coefficient (Wildman–Crippen LogP) is -1.81. The van der Waals surface area contributed by atoms with E-state index in [1.54, 1.807) is 0 Å². The summed E-state index contributed by atoms with van der Waals surface area (Å²) in [5.41, 5.74) is 0. The molecule has 0 radical (unpaired) electrons. The van der Waals surface area contributed by atoms with Crippen LogP contribution >= 0.6 is 0 Å². The SMILES string of the molecule is [2H]C([2H])([2H])[N+](C)(C)C[C@@]([2H])(O)CC(=O)[O-]. The van der Waals surface area contributed by atoms with Gasteiger partial charge in [0.2, 0.25) is 0 Å². The van der Waals surface area contributed by atoms with Crippen molar-refractivity contribution in [2.45, 2.75) is 12.5 Å². The fourth-order valence-corrected chi connectivity index (χ4v) is 0.679. The maximum absolute atomic E-state index is 10.2. The van der Waals surface area contributed by atoms with Crippen molar-refractivity contribution < 1.29 is 25.0 Å². The largest absolute Gasteiger partial charge is 0.550 e. The summed E-state index contributed by atoms with van der Waals surface area (Å²) in [6, 6.07) is 0. The number of carbonyl (C=O) groups is 1. The first-order chi connectivity index (χ1) is 6.37. The molecule has 4 heteroatoms. The molecule has 0 aromatic carbocycles. The monoisotopic (exact) mass is 165 g/mol. The maximum Gasteiger partial charge on any atom is 0.108 e. The number of quaternary nitrogens is 1. The third kappa shape index (κ3) is 7.29. The van der Waals surface area contributed by atoms with E-state index in [0.717, 1.165) is 0 Å². The maximum atomic E-state index is 10.2. The van der Waals surface area contributed by atoms with Crippen LogP contribution in [0.4, 0.5) is 0 Å². The Hall–Kier alpha value is -0.610. The van der Waals surface area contributed by atoms with Gasteiger partial charge in [0.25, 0.3) is 0 Å². The summed E-state index contributed by atoms with van der Waals surface area (Å²) in [5.74, 6) is -1.59. The molecule has 0 saturated carbocycles. The highest BCUT2D eigenvalue weighted by Gasteiger charge is 2.14. The Bertz CT molecular complexity index is 249. The summed E-state index contributed by atoms with van der Waals surface area (Å²) in [4.78, 5) is 10.2. The molecule has 0 aliphatic rings. The number of carboxylic acid groups (broad SMARTS) is 1. The van der Waals surface area contributed by atoms with Crippen LogP contribution in [0.25, 0.3) is 0 Å². The second-order valence-corrected chi connectivity index (χ2v) is 2.96. The molecule has 0 rings (SSSR count). The molecule has 1 N–H and O–H groups in total. The van der Waals surface area contributed by atoms with Crippen LogP contribution in [0.15, 0.2) is 0 Å². The van der Waals surface area contributed by atoms with Gasteiger partial charge in [-0.25, -0.2) is 0 Å². The van der Waals surface area contributed by atoms with Gasteiger partial charge in [0.1, 0.15) is 12.6 Å². The Morgan fingerprint density at radius 1 is 1.91 bits per heavy atom. The van der Waals surface area contributed by atoms with Gasteiger partial charge in [-0.05, 0) is 0 Å². The van der Waals surface area contributed by atoms with Crippen LogP contribution in [-0.2, 0) is 4.79 Å². The van der Waals surface area contributed by atoms with Crippen molar-refractivity contribution in [3.8, 4) is 0 Å². The van der Waals surface area contributed by atoms with Gasteiger partial charge in [-0.3, -0.25) is 0 Å². The van der Waals surface area contributed by atoms with Crippen molar-refractivity contribution in [2.24, 2.45) is 0 Å². The quantitative estimate of drug-likeness (QED) is 0.500. The predicted molar refractivity (Wildman–Crippen MR) is 38.5 cm³/mol. The minimum Gasteiger partial charge on any atom is -0.550 e. The van der Waals surface area contributed by atoms with Gasteiger partial charge >= 0.3 is 0 Å². The second kappa shape index (κ2) is 3.69.